The molecule has 1 aromatic carbocycles. The first-order valence-corrected chi connectivity index (χ1v) is 18.1. The van der Waals surface area contributed by atoms with Gasteiger partial charge in [0, 0.05) is 43.7 Å². The third-order valence-electron chi connectivity index (χ3n) is 13.3. The molecule has 2 spiro atoms. The van der Waals surface area contributed by atoms with E-state index in [0.29, 0.717) is 37.9 Å². The Morgan fingerprint density at radius 1 is 1.00 bits per heavy atom. The lowest BCUT2D eigenvalue weighted by Gasteiger charge is -2.74. The fourth-order valence-electron chi connectivity index (χ4n) is 10.1. The summed E-state index contributed by atoms with van der Waals surface area (Å²) in [6.07, 6.45) is 5.06. The minimum atomic E-state index is -1.02. The number of aryl methyl sites for hydroxylation is 1. The molecule has 4 unspecified atom stereocenters. The van der Waals surface area contributed by atoms with E-state index in [9.17, 15) is 9.90 Å². The molecule has 4 aliphatic carbocycles. The van der Waals surface area contributed by atoms with E-state index in [0.717, 1.165) is 55.8 Å². The van der Waals surface area contributed by atoms with Gasteiger partial charge in [0.05, 0.1) is 38.6 Å². The van der Waals surface area contributed by atoms with Gasteiger partial charge >= 0.3 is 6.16 Å². The van der Waals surface area contributed by atoms with Crippen LogP contribution in [0.3, 0.4) is 0 Å². The number of fused-ring (bicyclic) bond motifs is 3. The summed E-state index contributed by atoms with van der Waals surface area (Å²) in [5, 5.41) is 12.5. The van der Waals surface area contributed by atoms with Crippen LogP contribution in [-0.4, -0.2) is 106 Å². The molecule has 0 radical (unpaired) electrons. The number of aliphatic hydroxyl groups is 1. The number of carbonyl (C=O) groups is 1. The molecule has 10 heteroatoms. The van der Waals surface area contributed by atoms with Crippen molar-refractivity contribution in [3.63, 3.8) is 0 Å². The van der Waals surface area contributed by atoms with Gasteiger partial charge in [0.2, 0.25) is 0 Å². The lowest BCUT2D eigenvalue weighted by atomic mass is 9.35. The number of likely N-dealkylation sites (tertiary alicyclic amines) is 1. The highest BCUT2D eigenvalue weighted by atomic mass is 16.7. The molecule has 7 rings (SSSR count). The molecular formula is C38H59NO9. The van der Waals surface area contributed by atoms with Crippen molar-refractivity contribution in [1.29, 1.82) is 0 Å². The largest absolute Gasteiger partial charge is 0.514 e. The number of hydrogen-bond donors (Lipinski definition) is 1. The molecular weight excluding hydrogens is 614 g/mol. The zero-order valence-electron chi connectivity index (χ0n) is 30.5. The summed E-state index contributed by atoms with van der Waals surface area (Å²) in [6, 6.07) is 4.16. The number of nitrogens with zero attached hydrogens (tertiary/aromatic N) is 1. The summed E-state index contributed by atoms with van der Waals surface area (Å²) in [6.45, 7) is 17.2. The zero-order chi connectivity index (χ0) is 34.5. The van der Waals surface area contributed by atoms with Gasteiger partial charge in [-0.15, -0.1) is 0 Å². The second kappa shape index (κ2) is 13.3. The topological polar surface area (TPSA) is 105 Å². The maximum Gasteiger partial charge on any atom is 0.514 e. The van der Waals surface area contributed by atoms with Crippen molar-refractivity contribution in [3.05, 3.63) is 23.3 Å². The van der Waals surface area contributed by atoms with Crippen molar-refractivity contribution in [1.82, 2.24) is 4.90 Å². The van der Waals surface area contributed by atoms with Crippen molar-refractivity contribution in [3.8, 4) is 11.5 Å². The highest BCUT2D eigenvalue weighted by Gasteiger charge is 2.81. The molecule has 1 saturated heterocycles. The van der Waals surface area contributed by atoms with E-state index >= 15 is 0 Å². The highest BCUT2D eigenvalue weighted by molar-refractivity contribution is 5.69. The molecule has 0 amide bonds. The van der Waals surface area contributed by atoms with E-state index < -0.39 is 17.4 Å². The van der Waals surface area contributed by atoms with Crippen LogP contribution in [0, 0.1) is 29.6 Å². The first-order valence-electron chi connectivity index (χ1n) is 18.1. The fourth-order valence-corrected chi connectivity index (χ4v) is 10.1. The molecule has 10 nitrogen and oxygen atoms in total. The number of hydrogen-bond acceptors (Lipinski definition) is 10. The molecule has 0 aromatic heterocycles. The number of piperidine rings is 1. The molecule has 6 aliphatic rings. The van der Waals surface area contributed by atoms with E-state index in [1.165, 1.54) is 12.8 Å². The van der Waals surface area contributed by atoms with E-state index in [1.807, 2.05) is 19.1 Å². The van der Waals surface area contributed by atoms with Gasteiger partial charge in [-0.2, -0.15) is 0 Å². The van der Waals surface area contributed by atoms with Crippen LogP contribution in [0.25, 0.3) is 0 Å². The average Bonchev–Trinajstić information content (AvgIpc) is 3.79. The molecule has 7 atom stereocenters. The molecule has 2 heterocycles. The minimum Gasteiger partial charge on any atom is -0.482 e. The molecule has 1 aromatic rings. The van der Waals surface area contributed by atoms with Gasteiger partial charge in [-0.3, -0.25) is 4.90 Å². The third kappa shape index (κ3) is 5.66. The first kappa shape index (κ1) is 35.9. The molecule has 5 fully saturated rings. The average molecular weight is 674 g/mol. The summed E-state index contributed by atoms with van der Waals surface area (Å²) in [5.74, 6) is 1.62. The van der Waals surface area contributed by atoms with Crippen LogP contribution in [0.15, 0.2) is 12.1 Å². The summed E-state index contributed by atoms with van der Waals surface area (Å²) >= 11 is 0. The predicted octanol–water partition coefficient (Wildman–Crippen LogP) is 5.68. The number of ether oxygens (including phenoxy) is 7. The third-order valence-corrected chi connectivity index (χ3v) is 13.3. The van der Waals surface area contributed by atoms with Crippen LogP contribution >= 0.6 is 0 Å². The Morgan fingerprint density at radius 3 is 2.33 bits per heavy atom. The normalized spacial score (nSPS) is 33.7. The van der Waals surface area contributed by atoms with Crippen molar-refractivity contribution in [2.75, 3.05) is 67.0 Å². The molecule has 2 aliphatic heterocycles. The van der Waals surface area contributed by atoms with Crippen molar-refractivity contribution < 1.29 is 43.1 Å². The Labute approximate surface area is 287 Å². The quantitative estimate of drug-likeness (QED) is 0.151. The predicted molar refractivity (Wildman–Crippen MR) is 181 cm³/mol. The van der Waals surface area contributed by atoms with Crippen LogP contribution in [0.4, 0.5) is 4.79 Å². The van der Waals surface area contributed by atoms with E-state index in [2.05, 4.69) is 39.5 Å². The second-order valence-electron chi connectivity index (χ2n) is 16.3. The number of carbonyl (C=O) groups excluding carboxylic acids is 1. The van der Waals surface area contributed by atoms with Gasteiger partial charge < -0.3 is 38.3 Å². The standard InChI is InChI=1S/C38H59NO9/c1-25-9-12-28(47-33(40)46-22-21-45-20-19-44-18-17-42-7)31-30(25)37-15-16-39(24-27-10-11-27)26(2)36(37)13-14-38(43-8,32(37)48-31)29(23-36)35(6,41)34(3,4)5/h9,12,26-27,29,32,41H,10-11,13-24H2,1-8H3/t26?,29?,32-,35?,36-,37?,38-/m1/s1. The van der Waals surface area contributed by atoms with Crippen molar-refractivity contribution in [2.45, 2.75) is 109 Å². The van der Waals surface area contributed by atoms with Gasteiger partial charge in [0.1, 0.15) is 18.3 Å². The molecule has 2 bridgehead atoms. The van der Waals surface area contributed by atoms with Crippen LogP contribution < -0.4 is 9.47 Å². The Balaban J connectivity index is 1.30. The van der Waals surface area contributed by atoms with Crippen LogP contribution in [-0.2, 0) is 29.1 Å². The highest BCUT2D eigenvalue weighted by Crippen LogP contribution is 2.76. The van der Waals surface area contributed by atoms with Gasteiger partial charge in [-0.1, -0.05) is 26.8 Å². The van der Waals surface area contributed by atoms with Crippen LogP contribution in [0.1, 0.15) is 84.3 Å². The first-order chi connectivity index (χ1) is 22.8. The van der Waals surface area contributed by atoms with Crippen LogP contribution in [0.5, 0.6) is 11.5 Å². The summed E-state index contributed by atoms with van der Waals surface area (Å²) < 4.78 is 41.1. The fraction of sp³-hybridized carbons (Fsp3) is 0.816. The Bertz CT molecular complexity index is 1320. The molecule has 1 N–H and O–H groups in total. The number of rotatable bonds is 14. The van der Waals surface area contributed by atoms with Crippen molar-refractivity contribution >= 4 is 6.16 Å². The Kier molecular flexibility index (Phi) is 9.94. The van der Waals surface area contributed by atoms with Crippen molar-refractivity contribution in [2.24, 2.45) is 22.7 Å². The second-order valence-corrected chi connectivity index (χ2v) is 16.3. The van der Waals surface area contributed by atoms with Gasteiger partial charge in [0.25, 0.3) is 0 Å². The minimum absolute atomic E-state index is 0.0617. The van der Waals surface area contributed by atoms with E-state index in [-0.39, 0.29) is 47.5 Å². The molecule has 270 valence electrons. The Hall–Kier alpha value is -1.95. The SMILES string of the molecule is COCCOCCOCCOC(=O)Oc1ccc(C)c2c1O[C@@H]1C23CCN(CC2CC2)C(C)[C@]32CC[C@@]1(OC)C(C(C)(O)C(C)(C)C)C2. The summed E-state index contributed by atoms with van der Waals surface area (Å²) in [7, 11) is 3.43. The summed E-state index contributed by atoms with van der Waals surface area (Å²) in [5.41, 5.74) is -0.360. The van der Waals surface area contributed by atoms with Crippen LogP contribution in [0.2, 0.25) is 0 Å². The lowest BCUT2D eigenvalue weighted by Crippen LogP contribution is -2.81. The maximum absolute atomic E-state index is 13.0. The van der Waals surface area contributed by atoms with E-state index in [1.54, 1.807) is 14.2 Å². The smallest absolute Gasteiger partial charge is 0.482 e. The maximum atomic E-state index is 13.0. The molecule has 4 saturated carbocycles. The van der Waals surface area contributed by atoms with Gasteiger partial charge in [-0.25, -0.2) is 4.79 Å². The number of methoxy groups -OCH3 is 2. The zero-order valence-corrected chi connectivity index (χ0v) is 30.5. The molecule has 48 heavy (non-hydrogen) atoms. The van der Waals surface area contributed by atoms with E-state index in [4.69, 9.17) is 33.2 Å². The van der Waals surface area contributed by atoms with Gasteiger partial charge in [0.15, 0.2) is 11.5 Å². The number of benzene rings is 1. The lowest BCUT2D eigenvalue weighted by molar-refractivity contribution is -0.309. The van der Waals surface area contributed by atoms with Gasteiger partial charge in [-0.05, 0) is 94.2 Å². The summed E-state index contributed by atoms with van der Waals surface area (Å²) in [4.78, 5) is 15.7. The monoisotopic (exact) mass is 673 g/mol. The Morgan fingerprint density at radius 2 is 1.69 bits per heavy atom.